The van der Waals surface area contributed by atoms with E-state index in [-0.39, 0.29) is 35.5 Å². The molecule has 1 saturated heterocycles. The summed E-state index contributed by atoms with van der Waals surface area (Å²) in [5.41, 5.74) is 1.89. The second kappa shape index (κ2) is 5.55. The van der Waals surface area contributed by atoms with Gasteiger partial charge in [-0.05, 0) is 51.9 Å². The number of amides is 2. The van der Waals surface area contributed by atoms with Gasteiger partial charge in [0.15, 0.2) is 0 Å². The minimum Gasteiger partial charge on any atom is -0.377 e. The molecule has 24 heavy (non-hydrogen) atoms. The zero-order valence-electron chi connectivity index (χ0n) is 13.5. The lowest BCUT2D eigenvalue weighted by atomic mass is 9.85. The maximum atomic E-state index is 12.6. The molecule has 1 aliphatic heterocycles. The van der Waals surface area contributed by atoms with Crippen LogP contribution >= 0.6 is 15.9 Å². The third-order valence-electron chi connectivity index (χ3n) is 5.22. The molecular formula is C18H18BrN3O2. The minimum absolute atomic E-state index is 0.151. The molecule has 4 atom stereocenters. The number of fused-ring (bicyclic) bond motifs is 5. The Kier molecular flexibility index (Phi) is 3.60. The van der Waals surface area contributed by atoms with Crippen molar-refractivity contribution in [1.29, 1.82) is 0 Å². The number of carbonyl (C=O) groups is 2. The van der Waals surface area contributed by atoms with Gasteiger partial charge in [0, 0.05) is 18.6 Å². The van der Waals surface area contributed by atoms with E-state index in [2.05, 4.69) is 33.2 Å². The van der Waals surface area contributed by atoms with Crippen LogP contribution in [0, 0.1) is 23.7 Å². The number of benzene rings is 1. The fraction of sp³-hybridized carbons (Fsp3) is 0.389. The van der Waals surface area contributed by atoms with Crippen molar-refractivity contribution >= 4 is 39.6 Å². The Morgan fingerprint density at radius 3 is 2.33 bits per heavy atom. The van der Waals surface area contributed by atoms with E-state index < -0.39 is 0 Å². The summed E-state index contributed by atoms with van der Waals surface area (Å²) < 4.78 is 0.939. The van der Waals surface area contributed by atoms with Gasteiger partial charge in [-0.2, -0.15) is 10.1 Å². The molecule has 0 aromatic heterocycles. The zero-order chi connectivity index (χ0) is 17.0. The first-order valence-electron chi connectivity index (χ1n) is 8.04. The maximum absolute atomic E-state index is 12.6. The number of allylic oxidation sites excluding steroid dienone is 2. The molecule has 2 amide bonds. The summed E-state index contributed by atoms with van der Waals surface area (Å²) in [5.74, 6) is -0.278. The first-order chi connectivity index (χ1) is 11.5. The number of rotatable bonds is 3. The molecule has 2 bridgehead atoms. The Balaban J connectivity index is 1.56. The summed E-state index contributed by atoms with van der Waals surface area (Å²) in [7, 11) is 3.94. The van der Waals surface area contributed by atoms with Crippen LogP contribution in [0.1, 0.15) is 12.0 Å². The molecule has 6 heteroatoms. The van der Waals surface area contributed by atoms with Crippen molar-refractivity contribution in [2.75, 3.05) is 19.0 Å². The molecule has 3 aliphatic rings. The molecule has 1 aromatic carbocycles. The molecule has 2 aliphatic carbocycles. The second-order valence-electron chi connectivity index (χ2n) is 6.84. The van der Waals surface area contributed by atoms with Crippen molar-refractivity contribution in [3.8, 4) is 0 Å². The first kappa shape index (κ1) is 15.6. The summed E-state index contributed by atoms with van der Waals surface area (Å²) in [6, 6.07) is 5.81. The van der Waals surface area contributed by atoms with Gasteiger partial charge >= 0.3 is 0 Å². The van der Waals surface area contributed by atoms with Crippen molar-refractivity contribution in [2.24, 2.45) is 28.8 Å². The lowest BCUT2D eigenvalue weighted by Gasteiger charge is -2.15. The molecule has 1 saturated carbocycles. The molecule has 2 fully saturated rings. The standard InChI is InChI=1S/C18H18BrN3O2/c1-21(2)14-6-3-10(7-13(14)19)9-20-22-17(23)15-11-4-5-12(8-11)16(15)18(22)24/h3-7,9,11-12,15-16H,8H2,1-2H3/b20-9-/t11-,12-,15+,16+/m0/s1. The number of hydrogen-bond donors (Lipinski definition) is 0. The molecular weight excluding hydrogens is 370 g/mol. The highest BCUT2D eigenvalue weighted by Crippen LogP contribution is 2.52. The molecule has 0 radical (unpaired) electrons. The summed E-state index contributed by atoms with van der Waals surface area (Å²) in [6.07, 6.45) is 6.68. The second-order valence-corrected chi connectivity index (χ2v) is 7.69. The topological polar surface area (TPSA) is 53.0 Å². The fourth-order valence-corrected chi connectivity index (χ4v) is 4.84. The Hall–Kier alpha value is -1.95. The normalized spacial score (nSPS) is 30.7. The average molecular weight is 388 g/mol. The molecule has 124 valence electrons. The van der Waals surface area contributed by atoms with Crippen LogP contribution in [0.25, 0.3) is 0 Å². The van der Waals surface area contributed by atoms with Crippen molar-refractivity contribution in [3.05, 3.63) is 40.4 Å². The number of halogens is 1. The van der Waals surface area contributed by atoms with Crippen LogP contribution < -0.4 is 4.90 Å². The highest BCUT2D eigenvalue weighted by atomic mass is 79.9. The van der Waals surface area contributed by atoms with E-state index in [1.54, 1.807) is 6.21 Å². The number of nitrogens with zero attached hydrogens (tertiary/aromatic N) is 3. The molecule has 1 aromatic rings. The van der Waals surface area contributed by atoms with Crippen molar-refractivity contribution in [1.82, 2.24) is 5.01 Å². The molecule has 0 unspecified atom stereocenters. The van der Waals surface area contributed by atoms with Crippen LogP contribution in [0.15, 0.2) is 39.9 Å². The largest absolute Gasteiger partial charge is 0.377 e. The highest BCUT2D eigenvalue weighted by molar-refractivity contribution is 9.10. The third-order valence-corrected chi connectivity index (χ3v) is 5.86. The quantitative estimate of drug-likeness (QED) is 0.455. The predicted molar refractivity (Wildman–Crippen MR) is 95.6 cm³/mol. The van der Waals surface area contributed by atoms with Crippen LogP contribution in [0.2, 0.25) is 0 Å². The minimum atomic E-state index is -0.201. The van der Waals surface area contributed by atoms with Gasteiger partial charge in [-0.15, -0.1) is 0 Å². The van der Waals surface area contributed by atoms with E-state index in [1.807, 2.05) is 37.2 Å². The highest BCUT2D eigenvalue weighted by Gasteiger charge is 2.59. The van der Waals surface area contributed by atoms with Gasteiger partial charge in [-0.25, -0.2) is 0 Å². The van der Waals surface area contributed by atoms with Gasteiger partial charge in [0.05, 0.1) is 23.7 Å². The van der Waals surface area contributed by atoms with E-state index in [0.717, 1.165) is 27.2 Å². The Morgan fingerprint density at radius 2 is 1.79 bits per heavy atom. The number of hydrogen-bond acceptors (Lipinski definition) is 4. The van der Waals surface area contributed by atoms with Gasteiger partial charge in [0.1, 0.15) is 0 Å². The van der Waals surface area contributed by atoms with Gasteiger partial charge in [-0.1, -0.05) is 18.2 Å². The van der Waals surface area contributed by atoms with E-state index in [9.17, 15) is 9.59 Å². The lowest BCUT2D eigenvalue weighted by molar-refractivity contribution is -0.140. The third kappa shape index (κ3) is 2.24. The van der Waals surface area contributed by atoms with Crippen LogP contribution in [-0.4, -0.2) is 37.1 Å². The monoisotopic (exact) mass is 387 g/mol. The number of carbonyl (C=O) groups excluding carboxylic acids is 2. The Morgan fingerprint density at radius 1 is 1.17 bits per heavy atom. The number of imide groups is 1. The number of anilines is 1. The Bertz CT molecular complexity index is 756. The molecule has 1 heterocycles. The molecule has 4 rings (SSSR count). The van der Waals surface area contributed by atoms with Crippen molar-refractivity contribution in [2.45, 2.75) is 6.42 Å². The molecule has 5 nitrogen and oxygen atoms in total. The zero-order valence-corrected chi connectivity index (χ0v) is 15.1. The van der Waals surface area contributed by atoms with E-state index in [0.29, 0.717) is 0 Å². The smallest absolute Gasteiger partial charge is 0.254 e. The number of hydrazone groups is 1. The average Bonchev–Trinajstić information content (AvgIpc) is 3.20. The van der Waals surface area contributed by atoms with Crippen molar-refractivity contribution in [3.63, 3.8) is 0 Å². The Labute approximate surface area is 149 Å². The van der Waals surface area contributed by atoms with E-state index in [1.165, 1.54) is 0 Å². The summed E-state index contributed by atoms with van der Waals surface area (Å²) in [6.45, 7) is 0. The summed E-state index contributed by atoms with van der Waals surface area (Å²) in [4.78, 5) is 27.1. The van der Waals surface area contributed by atoms with Gasteiger partial charge in [0.2, 0.25) is 0 Å². The van der Waals surface area contributed by atoms with Gasteiger partial charge in [0.25, 0.3) is 11.8 Å². The molecule has 0 spiro atoms. The molecule has 0 N–H and O–H groups in total. The van der Waals surface area contributed by atoms with Crippen molar-refractivity contribution < 1.29 is 9.59 Å². The predicted octanol–water partition coefficient (Wildman–Crippen LogP) is 2.66. The first-order valence-corrected chi connectivity index (χ1v) is 8.83. The maximum Gasteiger partial charge on any atom is 0.254 e. The lowest BCUT2D eigenvalue weighted by Crippen LogP contribution is -2.28. The van der Waals surface area contributed by atoms with Crippen LogP contribution in [0.3, 0.4) is 0 Å². The fourth-order valence-electron chi connectivity index (χ4n) is 4.09. The van der Waals surface area contributed by atoms with E-state index in [4.69, 9.17) is 0 Å². The summed E-state index contributed by atoms with van der Waals surface area (Å²) >= 11 is 3.53. The summed E-state index contributed by atoms with van der Waals surface area (Å²) in [5, 5.41) is 5.28. The van der Waals surface area contributed by atoms with Crippen LogP contribution in [0.5, 0.6) is 0 Å². The van der Waals surface area contributed by atoms with Gasteiger partial charge in [-0.3, -0.25) is 9.59 Å². The van der Waals surface area contributed by atoms with E-state index >= 15 is 0 Å². The van der Waals surface area contributed by atoms with Crippen LogP contribution in [-0.2, 0) is 9.59 Å². The van der Waals surface area contributed by atoms with Crippen LogP contribution in [0.4, 0.5) is 5.69 Å². The SMILES string of the molecule is CN(C)c1ccc(/C=N\N2C(=O)[C@H]3[C@H](C2=O)[C@H]2C=C[C@H]3C2)cc1Br. The van der Waals surface area contributed by atoms with Gasteiger partial charge < -0.3 is 4.90 Å².